The van der Waals surface area contributed by atoms with Crippen LogP contribution in [0.5, 0.6) is 11.5 Å². The summed E-state index contributed by atoms with van der Waals surface area (Å²) in [6.07, 6.45) is 5.22. The molecule has 1 heterocycles. The Balaban J connectivity index is 1.64. The van der Waals surface area contributed by atoms with Crippen LogP contribution in [0.3, 0.4) is 0 Å². The number of ether oxygens (including phenoxy) is 2. The molecule has 0 saturated heterocycles. The van der Waals surface area contributed by atoms with E-state index in [4.69, 9.17) is 20.7 Å². The van der Waals surface area contributed by atoms with Crippen molar-refractivity contribution in [2.75, 3.05) is 53.4 Å². The standard InChI is InChI=1S/C31H32N4O3/c1-7-26(20-11-9-8-10-12-20)38-33-31-23-19-28(37-6)27(36-5)18-22(23)30-29(31)24-17-21(13-14-25(24)32-30)35(4)16-15-34(2)3/h1,8-14,17-19,26,32H,15-16H2,2-6H3. The molecule has 0 spiro atoms. The van der Waals surface area contributed by atoms with E-state index < -0.39 is 6.10 Å². The third-order valence-electron chi connectivity index (χ3n) is 6.89. The Morgan fingerprint density at radius 2 is 1.63 bits per heavy atom. The number of fused-ring (bicyclic) bond motifs is 5. The zero-order valence-corrected chi connectivity index (χ0v) is 22.4. The van der Waals surface area contributed by atoms with Crippen LogP contribution in [0.25, 0.3) is 22.2 Å². The molecule has 38 heavy (non-hydrogen) atoms. The van der Waals surface area contributed by atoms with Crippen molar-refractivity contribution in [3.63, 3.8) is 0 Å². The predicted octanol–water partition coefficient (Wildman–Crippen LogP) is 5.31. The van der Waals surface area contributed by atoms with Crippen LogP contribution < -0.4 is 14.4 Å². The maximum atomic E-state index is 6.02. The zero-order chi connectivity index (χ0) is 26.8. The van der Waals surface area contributed by atoms with Crippen molar-refractivity contribution in [3.8, 4) is 35.1 Å². The fraction of sp³-hybridized carbons (Fsp3) is 0.258. The molecule has 1 atom stereocenters. The summed E-state index contributed by atoms with van der Waals surface area (Å²) in [5, 5.41) is 5.74. The highest BCUT2D eigenvalue weighted by molar-refractivity contribution is 6.30. The third-order valence-corrected chi connectivity index (χ3v) is 6.89. The smallest absolute Gasteiger partial charge is 0.212 e. The Kier molecular flexibility index (Phi) is 6.99. The number of oxime groups is 1. The topological polar surface area (TPSA) is 62.3 Å². The van der Waals surface area contributed by atoms with Gasteiger partial charge in [0, 0.05) is 59.0 Å². The van der Waals surface area contributed by atoms with Crippen molar-refractivity contribution < 1.29 is 14.3 Å². The van der Waals surface area contributed by atoms with Crippen LogP contribution in [0.2, 0.25) is 0 Å². The van der Waals surface area contributed by atoms with Crippen molar-refractivity contribution in [3.05, 3.63) is 77.4 Å². The number of aromatic nitrogens is 1. The maximum Gasteiger partial charge on any atom is 0.212 e. The van der Waals surface area contributed by atoms with Crippen LogP contribution in [0.4, 0.5) is 5.69 Å². The Morgan fingerprint density at radius 3 is 2.29 bits per heavy atom. The summed E-state index contributed by atoms with van der Waals surface area (Å²) in [5.74, 6) is 3.98. The van der Waals surface area contributed by atoms with Crippen LogP contribution in [0.1, 0.15) is 22.8 Å². The van der Waals surface area contributed by atoms with Crippen molar-refractivity contribution in [1.29, 1.82) is 0 Å². The summed E-state index contributed by atoms with van der Waals surface area (Å²) < 4.78 is 11.2. The van der Waals surface area contributed by atoms with Crippen LogP contribution in [0, 0.1) is 12.3 Å². The van der Waals surface area contributed by atoms with Crippen LogP contribution in [0.15, 0.2) is 65.8 Å². The van der Waals surface area contributed by atoms with Crippen LogP contribution in [-0.4, -0.2) is 64.0 Å². The van der Waals surface area contributed by atoms with Crippen molar-refractivity contribution >= 4 is 22.3 Å². The van der Waals surface area contributed by atoms with Crippen LogP contribution in [-0.2, 0) is 4.84 Å². The minimum atomic E-state index is -0.616. The van der Waals surface area contributed by atoms with Crippen LogP contribution >= 0.6 is 0 Å². The van der Waals surface area contributed by atoms with Gasteiger partial charge in [-0.3, -0.25) is 0 Å². The average Bonchev–Trinajstić information content (AvgIpc) is 3.45. The van der Waals surface area contributed by atoms with E-state index >= 15 is 0 Å². The zero-order valence-electron chi connectivity index (χ0n) is 22.4. The number of rotatable bonds is 9. The molecule has 7 nitrogen and oxygen atoms in total. The van der Waals surface area contributed by atoms with Gasteiger partial charge < -0.3 is 29.1 Å². The van der Waals surface area contributed by atoms with Gasteiger partial charge in [0.2, 0.25) is 6.10 Å². The molecule has 0 fully saturated rings. The first-order valence-electron chi connectivity index (χ1n) is 12.5. The van der Waals surface area contributed by atoms with Gasteiger partial charge in [-0.2, -0.15) is 0 Å². The minimum Gasteiger partial charge on any atom is -0.493 e. The van der Waals surface area contributed by atoms with E-state index in [0.29, 0.717) is 17.2 Å². The van der Waals surface area contributed by atoms with Gasteiger partial charge in [-0.15, -0.1) is 6.42 Å². The second-order valence-corrected chi connectivity index (χ2v) is 9.59. The number of terminal acetylenes is 1. The first-order valence-corrected chi connectivity index (χ1v) is 12.5. The molecule has 0 saturated carbocycles. The molecule has 4 aromatic rings. The van der Waals surface area contributed by atoms with E-state index in [-0.39, 0.29) is 0 Å². The van der Waals surface area contributed by atoms with Gasteiger partial charge in [-0.1, -0.05) is 41.4 Å². The molecule has 5 rings (SSSR count). The van der Waals surface area contributed by atoms with Crippen molar-refractivity contribution in [1.82, 2.24) is 9.88 Å². The number of nitrogens with zero attached hydrogens (tertiary/aromatic N) is 3. The quantitative estimate of drug-likeness (QED) is 0.216. The highest BCUT2D eigenvalue weighted by Gasteiger charge is 2.32. The summed E-state index contributed by atoms with van der Waals surface area (Å²) >= 11 is 0. The minimum absolute atomic E-state index is 0.616. The van der Waals surface area contributed by atoms with E-state index in [1.165, 1.54) is 0 Å². The normalized spacial score (nSPS) is 13.8. The number of H-pyrrole nitrogens is 1. The Morgan fingerprint density at radius 1 is 0.921 bits per heavy atom. The highest BCUT2D eigenvalue weighted by Crippen LogP contribution is 2.46. The third kappa shape index (κ3) is 4.55. The summed E-state index contributed by atoms with van der Waals surface area (Å²) in [5.41, 5.74) is 7.50. The Bertz CT molecular complexity index is 1530. The first-order chi connectivity index (χ1) is 18.4. The van der Waals surface area contributed by atoms with Gasteiger partial charge in [0.1, 0.15) is 5.71 Å². The summed E-state index contributed by atoms with van der Waals surface area (Å²) in [4.78, 5) is 14.0. The van der Waals surface area contributed by atoms with E-state index in [0.717, 1.165) is 57.6 Å². The summed E-state index contributed by atoms with van der Waals surface area (Å²) in [6, 6.07) is 20.1. The molecular formula is C31H32N4O3. The largest absolute Gasteiger partial charge is 0.493 e. The lowest BCUT2D eigenvalue weighted by atomic mass is 10.0. The van der Waals surface area contributed by atoms with E-state index in [1.54, 1.807) is 14.2 Å². The number of aromatic amines is 1. The molecule has 3 aromatic carbocycles. The number of methoxy groups -OCH3 is 2. The molecule has 1 unspecified atom stereocenters. The number of likely N-dealkylation sites (N-methyl/N-ethyl adjacent to an activating group) is 2. The predicted molar refractivity (Wildman–Crippen MR) is 153 cm³/mol. The Labute approximate surface area is 223 Å². The van der Waals surface area contributed by atoms with Crippen molar-refractivity contribution in [2.24, 2.45) is 5.16 Å². The highest BCUT2D eigenvalue weighted by atomic mass is 16.6. The van der Waals surface area contributed by atoms with Gasteiger partial charge in [0.15, 0.2) is 11.5 Å². The van der Waals surface area contributed by atoms with Gasteiger partial charge >= 0.3 is 0 Å². The molecule has 7 heteroatoms. The fourth-order valence-corrected chi connectivity index (χ4v) is 4.78. The molecule has 0 radical (unpaired) electrons. The second-order valence-electron chi connectivity index (χ2n) is 9.59. The van der Waals surface area contributed by atoms with Crippen molar-refractivity contribution in [2.45, 2.75) is 6.10 Å². The molecule has 1 aliphatic carbocycles. The average molecular weight is 509 g/mol. The lowest BCUT2D eigenvalue weighted by Gasteiger charge is -2.21. The monoisotopic (exact) mass is 508 g/mol. The van der Waals surface area contributed by atoms with Gasteiger partial charge in [-0.25, -0.2) is 0 Å². The fourth-order valence-electron chi connectivity index (χ4n) is 4.78. The SMILES string of the molecule is C#CC(ON=C1c2cc(OC)c(OC)cc2-c2[nH]c3ccc(N(C)CCN(C)C)cc3c21)c1ccccc1. The second kappa shape index (κ2) is 10.5. The Hall–Kier alpha value is -4.41. The van der Waals surface area contributed by atoms with Gasteiger partial charge in [0.05, 0.1) is 19.9 Å². The maximum absolute atomic E-state index is 6.02. The first kappa shape index (κ1) is 25.2. The molecule has 1 aromatic heterocycles. The number of hydrogen-bond donors (Lipinski definition) is 1. The molecular weight excluding hydrogens is 476 g/mol. The van der Waals surface area contributed by atoms with E-state index in [2.05, 4.69) is 65.2 Å². The van der Waals surface area contributed by atoms with E-state index in [9.17, 15) is 0 Å². The number of benzene rings is 3. The number of hydrogen-bond acceptors (Lipinski definition) is 6. The lowest BCUT2D eigenvalue weighted by molar-refractivity contribution is 0.100. The molecule has 194 valence electrons. The number of anilines is 1. The summed E-state index contributed by atoms with van der Waals surface area (Å²) in [6.45, 7) is 1.86. The lowest BCUT2D eigenvalue weighted by Crippen LogP contribution is -2.28. The number of nitrogens with one attached hydrogen (secondary N) is 1. The summed E-state index contributed by atoms with van der Waals surface area (Å²) in [7, 11) is 9.53. The van der Waals surface area contributed by atoms with Gasteiger partial charge in [-0.05, 0) is 44.4 Å². The van der Waals surface area contributed by atoms with E-state index in [1.807, 2.05) is 42.5 Å². The molecule has 0 bridgehead atoms. The van der Waals surface area contributed by atoms with Gasteiger partial charge in [0.25, 0.3) is 0 Å². The molecule has 0 amide bonds. The molecule has 1 aliphatic rings. The molecule has 1 N–H and O–H groups in total. The molecule has 0 aliphatic heterocycles.